The molecule has 2 heterocycles. The molecule has 0 fully saturated rings. The Kier molecular flexibility index (Phi) is 3.75. The molecule has 0 bridgehead atoms. The summed E-state index contributed by atoms with van der Waals surface area (Å²) >= 11 is 0. The van der Waals surface area contributed by atoms with E-state index in [4.69, 9.17) is 10.5 Å². The number of rotatable bonds is 1. The molecule has 3 rings (SSSR count). The quantitative estimate of drug-likeness (QED) is 0.876. The van der Waals surface area contributed by atoms with E-state index in [1.54, 1.807) is 0 Å². The zero-order valence-electron chi connectivity index (χ0n) is 13.7. The second kappa shape index (κ2) is 5.61. The number of nitrogen functional groups attached to an aromatic ring is 1. The van der Waals surface area contributed by atoms with Crippen LogP contribution in [0.4, 0.5) is 16.3 Å². The predicted molar refractivity (Wildman–Crippen MR) is 89.5 cm³/mol. The van der Waals surface area contributed by atoms with Crippen molar-refractivity contribution in [3.63, 3.8) is 0 Å². The number of aromatic nitrogens is 2. The van der Waals surface area contributed by atoms with Gasteiger partial charge < -0.3 is 15.4 Å². The fourth-order valence-electron chi connectivity index (χ4n) is 2.72. The van der Waals surface area contributed by atoms with Gasteiger partial charge in [-0.05, 0) is 39.3 Å². The molecule has 0 spiro atoms. The van der Waals surface area contributed by atoms with Crippen LogP contribution in [0, 0.1) is 0 Å². The summed E-state index contributed by atoms with van der Waals surface area (Å²) in [5.74, 6) is 0.391. The first-order valence-electron chi connectivity index (χ1n) is 7.75. The molecule has 1 aromatic carbocycles. The molecule has 0 saturated heterocycles. The highest BCUT2D eigenvalue weighted by Gasteiger charge is 2.27. The second-order valence-electron chi connectivity index (χ2n) is 6.71. The first kappa shape index (κ1) is 15.4. The summed E-state index contributed by atoms with van der Waals surface area (Å²) in [6.45, 7) is 6.95. The lowest BCUT2D eigenvalue weighted by molar-refractivity contribution is 0.0518. The fourth-order valence-corrected chi connectivity index (χ4v) is 2.72. The average Bonchev–Trinajstić information content (AvgIpc) is 2.83. The van der Waals surface area contributed by atoms with Gasteiger partial charge in [-0.3, -0.25) is 0 Å². The summed E-state index contributed by atoms with van der Waals surface area (Å²) in [6.07, 6.45) is 0.231. The van der Waals surface area contributed by atoms with Gasteiger partial charge in [0.2, 0.25) is 0 Å². The zero-order valence-corrected chi connectivity index (χ0v) is 13.7. The molecule has 23 heavy (non-hydrogen) atoms. The summed E-state index contributed by atoms with van der Waals surface area (Å²) < 4.78 is 6.55. The van der Waals surface area contributed by atoms with Crippen molar-refractivity contribution in [3.05, 3.63) is 41.6 Å². The van der Waals surface area contributed by atoms with Gasteiger partial charge in [0, 0.05) is 17.8 Å². The Bertz CT molecular complexity index is 716. The van der Waals surface area contributed by atoms with Crippen molar-refractivity contribution in [2.45, 2.75) is 39.3 Å². The largest absolute Gasteiger partial charge is 0.442 e. The van der Waals surface area contributed by atoms with Crippen LogP contribution in [0.25, 0.3) is 0 Å². The van der Waals surface area contributed by atoms with E-state index in [0.717, 1.165) is 29.9 Å². The highest BCUT2D eigenvalue weighted by Crippen LogP contribution is 2.27. The van der Waals surface area contributed by atoms with Crippen LogP contribution < -0.4 is 10.6 Å². The molecule has 0 atom stereocenters. The van der Waals surface area contributed by atoms with Crippen molar-refractivity contribution in [1.29, 1.82) is 0 Å². The van der Waals surface area contributed by atoms with Gasteiger partial charge in [0.25, 0.3) is 0 Å². The third kappa shape index (κ3) is 3.16. The summed E-state index contributed by atoms with van der Waals surface area (Å²) in [5, 5.41) is 4.39. The number of anilines is 2. The molecule has 1 aliphatic rings. The van der Waals surface area contributed by atoms with Crippen molar-refractivity contribution in [1.82, 2.24) is 9.78 Å². The highest BCUT2D eigenvalue weighted by molar-refractivity contribution is 5.75. The van der Waals surface area contributed by atoms with E-state index in [2.05, 4.69) is 22.1 Å². The lowest BCUT2D eigenvalue weighted by atomic mass is 10.1. The summed E-state index contributed by atoms with van der Waals surface area (Å²) in [6, 6.07) is 10.2. The number of carbonyl (C=O) groups is 1. The number of para-hydroxylation sites is 1. The van der Waals surface area contributed by atoms with E-state index in [1.807, 2.05) is 39.0 Å². The molecule has 6 heteroatoms. The number of carbonyl (C=O) groups excluding carboxylic acids is 1. The number of ether oxygens (including phenoxy) is 1. The van der Waals surface area contributed by atoms with E-state index in [0.29, 0.717) is 12.4 Å². The molecule has 0 amide bonds. The number of fused-ring (bicyclic) bond motifs is 1. The van der Waals surface area contributed by atoms with Crippen LogP contribution in [0.15, 0.2) is 30.3 Å². The van der Waals surface area contributed by atoms with Gasteiger partial charge in [-0.25, -0.2) is 4.79 Å². The molecule has 0 saturated carbocycles. The van der Waals surface area contributed by atoms with E-state index < -0.39 is 11.7 Å². The van der Waals surface area contributed by atoms with Gasteiger partial charge >= 0.3 is 6.09 Å². The van der Waals surface area contributed by atoms with Gasteiger partial charge in [0.05, 0.1) is 12.2 Å². The van der Waals surface area contributed by atoms with Gasteiger partial charge in [-0.15, -0.1) is 4.68 Å². The van der Waals surface area contributed by atoms with E-state index in [1.165, 1.54) is 4.68 Å². The fraction of sp³-hybridized carbons (Fsp3) is 0.412. The lowest BCUT2D eigenvalue weighted by Gasteiger charge is -2.28. The second-order valence-corrected chi connectivity index (χ2v) is 6.71. The Morgan fingerprint density at radius 1 is 1.26 bits per heavy atom. The van der Waals surface area contributed by atoms with Crippen LogP contribution >= 0.6 is 0 Å². The summed E-state index contributed by atoms with van der Waals surface area (Å²) in [5.41, 5.74) is 8.46. The molecule has 6 nitrogen and oxygen atoms in total. The van der Waals surface area contributed by atoms with Crippen molar-refractivity contribution < 1.29 is 9.53 Å². The molecule has 2 N–H and O–H groups in total. The van der Waals surface area contributed by atoms with Crippen molar-refractivity contribution in [2.24, 2.45) is 0 Å². The molecule has 1 aliphatic heterocycles. The van der Waals surface area contributed by atoms with E-state index >= 15 is 0 Å². The smallest absolute Gasteiger partial charge is 0.437 e. The Labute approximate surface area is 135 Å². The number of benzene rings is 1. The topological polar surface area (TPSA) is 73.4 Å². The van der Waals surface area contributed by atoms with Crippen LogP contribution in [0.5, 0.6) is 0 Å². The number of hydrogen-bond donors (Lipinski definition) is 1. The van der Waals surface area contributed by atoms with Crippen molar-refractivity contribution in [3.8, 4) is 0 Å². The first-order valence-corrected chi connectivity index (χ1v) is 7.75. The number of nitrogens with two attached hydrogens (primary N) is 1. The molecule has 0 aliphatic carbocycles. The number of hydrogen-bond acceptors (Lipinski definition) is 5. The third-order valence-corrected chi connectivity index (χ3v) is 3.77. The SMILES string of the molecule is CC(C)(C)OC(=O)n1nc2c(c1N)CCN(c1ccccc1)C2. The molecule has 1 aromatic heterocycles. The van der Waals surface area contributed by atoms with Crippen LogP contribution in [-0.4, -0.2) is 28.0 Å². The molecule has 122 valence electrons. The van der Waals surface area contributed by atoms with Crippen molar-refractivity contribution in [2.75, 3.05) is 17.2 Å². The van der Waals surface area contributed by atoms with Crippen molar-refractivity contribution >= 4 is 17.6 Å². The average molecular weight is 314 g/mol. The first-order chi connectivity index (χ1) is 10.8. The Morgan fingerprint density at radius 2 is 1.96 bits per heavy atom. The number of nitrogens with zero attached hydrogens (tertiary/aromatic N) is 3. The van der Waals surface area contributed by atoms with Crippen LogP contribution in [0.3, 0.4) is 0 Å². The maximum atomic E-state index is 12.2. The molecule has 0 radical (unpaired) electrons. The Balaban J connectivity index is 1.85. The van der Waals surface area contributed by atoms with Crippen LogP contribution in [0.1, 0.15) is 32.0 Å². The predicted octanol–water partition coefficient (Wildman–Crippen LogP) is 2.81. The molecule has 2 aromatic rings. The zero-order chi connectivity index (χ0) is 16.6. The molecular weight excluding hydrogens is 292 g/mol. The van der Waals surface area contributed by atoms with E-state index in [9.17, 15) is 4.79 Å². The minimum Gasteiger partial charge on any atom is -0.442 e. The molecule has 0 unspecified atom stereocenters. The van der Waals surface area contributed by atoms with Gasteiger partial charge in [-0.2, -0.15) is 5.10 Å². The maximum absolute atomic E-state index is 12.2. The Hall–Kier alpha value is -2.50. The van der Waals surface area contributed by atoms with Gasteiger partial charge in [0.15, 0.2) is 0 Å². The maximum Gasteiger partial charge on any atom is 0.437 e. The standard InChI is InChI=1S/C17H22N4O2/c1-17(2,3)23-16(22)21-15(18)13-9-10-20(11-14(13)19-21)12-7-5-4-6-8-12/h4-8H,9-11,18H2,1-3H3. The monoisotopic (exact) mass is 314 g/mol. The van der Waals surface area contributed by atoms with Crippen LogP contribution in [-0.2, 0) is 17.7 Å². The summed E-state index contributed by atoms with van der Waals surface area (Å²) in [4.78, 5) is 14.5. The summed E-state index contributed by atoms with van der Waals surface area (Å²) in [7, 11) is 0. The Morgan fingerprint density at radius 3 is 2.61 bits per heavy atom. The van der Waals surface area contributed by atoms with E-state index in [-0.39, 0.29) is 0 Å². The lowest BCUT2D eigenvalue weighted by Crippen LogP contribution is -2.30. The van der Waals surface area contributed by atoms with Crippen LogP contribution in [0.2, 0.25) is 0 Å². The normalized spacial score (nSPS) is 14.5. The van der Waals surface area contributed by atoms with Gasteiger partial charge in [-0.1, -0.05) is 18.2 Å². The minimum absolute atomic E-state index is 0.391. The minimum atomic E-state index is -0.577. The molecular formula is C17H22N4O2. The van der Waals surface area contributed by atoms with Gasteiger partial charge in [0.1, 0.15) is 11.4 Å². The third-order valence-electron chi connectivity index (χ3n) is 3.77. The highest BCUT2D eigenvalue weighted by atomic mass is 16.6.